The predicted molar refractivity (Wildman–Crippen MR) is 64.5 cm³/mol. The second-order valence-corrected chi connectivity index (χ2v) is 4.58. The largest absolute Gasteiger partial charge is 0.295 e. The molecule has 0 spiro atoms. The highest BCUT2D eigenvalue weighted by atomic mass is 79.9. The normalized spacial score (nSPS) is 10.1. The fourth-order valence-corrected chi connectivity index (χ4v) is 1.98. The van der Waals surface area contributed by atoms with Crippen LogP contribution >= 0.6 is 27.5 Å². The Morgan fingerprint density at radius 1 is 1.50 bits per heavy atom. The maximum atomic E-state index is 11.9. The first-order valence-electron chi connectivity index (χ1n) is 4.40. The minimum absolute atomic E-state index is 0.228. The van der Waals surface area contributed by atoms with Crippen LogP contribution in [0.4, 0.5) is 5.13 Å². The Balaban J connectivity index is 2.24. The maximum absolute atomic E-state index is 11.9. The number of halogens is 1. The average Bonchev–Trinajstić information content (AvgIpc) is 2.74. The molecule has 0 fully saturated rings. The molecule has 0 aliphatic carbocycles. The van der Waals surface area contributed by atoms with E-state index in [2.05, 4.69) is 36.0 Å². The van der Waals surface area contributed by atoms with E-state index in [0.29, 0.717) is 10.7 Å². The van der Waals surface area contributed by atoms with Gasteiger partial charge in [-0.1, -0.05) is 21.7 Å². The number of amides is 1. The second kappa shape index (κ2) is 4.67. The third-order valence-electron chi connectivity index (χ3n) is 1.96. The number of anilines is 1. The highest BCUT2D eigenvalue weighted by Crippen LogP contribution is 2.22. The molecule has 1 heterocycles. The Morgan fingerprint density at radius 3 is 3.00 bits per heavy atom. The van der Waals surface area contributed by atoms with Crippen LogP contribution in [0.3, 0.4) is 0 Å². The molecule has 0 unspecified atom stereocenters. The highest BCUT2D eigenvalue weighted by Gasteiger charge is 2.12. The van der Waals surface area contributed by atoms with Gasteiger partial charge in [0.05, 0.1) is 5.56 Å². The first-order chi connectivity index (χ1) is 7.68. The van der Waals surface area contributed by atoms with Crippen molar-refractivity contribution in [3.63, 3.8) is 0 Å². The van der Waals surface area contributed by atoms with Crippen LogP contribution in [0, 0.1) is 6.92 Å². The summed E-state index contributed by atoms with van der Waals surface area (Å²) in [5.74, 6) is -0.228. The molecule has 0 radical (unpaired) electrons. The summed E-state index contributed by atoms with van der Waals surface area (Å²) >= 11 is 4.41. The molecule has 0 aliphatic rings. The third-order valence-corrected chi connectivity index (χ3v) is 3.52. The number of rotatable bonds is 2. The molecule has 0 atom stereocenters. The van der Waals surface area contributed by atoms with Crippen molar-refractivity contribution in [1.29, 1.82) is 0 Å². The maximum Gasteiger partial charge on any atom is 0.258 e. The molecular formula is C9H7BrN4OS. The van der Waals surface area contributed by atoms with Crippen LogP contribution in [0.5, 0.6) is 0 Å². The van der Waals surface area contributed by atoms with Crippen molar-refractivity contribution in [2.45, 2.75) is 6.92 Å². The molecule has 1 amide bonds. The first-order valence-corrected chi connectivity index (χ1v) is 5.96. The molecule has 1 aromatic heterocycles. The number of benzene rings is 1. The quantitative estimate of drug-likeness (QED) is 0.923. The summed E-state index contributed by atoms with van der Waals surface area (Å²) in [4.78, 5) is 11.9. The van der Waals surface area contributed by atoms with Gasteiger partial charge in [0.25, 0.3) is 5.91 Å². The summed E-state index contributed by atoms with van der Waals surface area (Å²) in [5, 5.41) is 10.1. The molecular weight excluding hydrogens is 292 g/mol. The molecule has 2 aromatic rings. The van der Waals surface area contributed by atoms with E-state index < -0.39 is 0 Å². The monoisotopic (exact) mass is 298 g/mol. The van der Waals surface area contributed by atoms with Crippen LogP contribution in [0.25, 0.3) is 0 Å². The number of nitrogens with zero attached hydrogens (tertiary/aromatic N) is 3. The summed E-state index contributed by atoms with van der Waals surface area (Å²) in [7, 11) is 0. The van der Waals surface area contributed by atoms with Crippen molar-refractivity contribution in [2.24, 2.45) is 0 Å². The van der Waals surface area contributed by atoms with Crippen molar-refractivity contribution < 1.29 is 4.79 Å². The van der Waals surface area contributed by atoms with E-state index in [0.717, 1.165) is 21.6 Å². The van der Waals surface area contributed by atoms with Gasteiger partial charge in [-0.2, -0.15) is 0 Å². The molecule has 0 saturated carbocycles. The Labute approximate surface area is 104 Å². The third kappa shape index (κ3) is 2.25. The van der Waals surface area contributed by atoms with E-state index in [1.165, 1.54) is 0 Å². The number of aryl methyl sites for hydroxylation is 1. The molecule has 1 aromatic carbocycles. The van der Waals surface area contributed by atoms with Crippen molar-refractivity contribution in [3.8, 4) is 0 Å². The van der Waals surface area contributed by atoms with E-state index in [1.54, 1.807) is 6.07 Å². The zero-order valence-electron chi connectivity index (χ0n) is 8.27. The van der Waals surface area contributed by atoms with Crippen LogP contribution in [-0.2, 0) is 0 Å². The van der Waals surface area contributed by atoms with E-state index in [9.17, 15) is 4.79 Å². The molecule has 16 heavy (non-hydrogen) atoms. The predicted octanol–water partition coefficient (Wildman–Crippen LogP) is 2.26. The fraction of sp³-hybridized carbons (Fsp3) is 0.111. The number of hydrogen-bond donors (Lipinski definition) is 1. The highest BCUT2D eigenvalue weighted by molar-refractivity contribution is 9.10. The SMILES string of the molecule is Cc1cccc(C(=O)Nc2nnns2)c1Br. The zero-order chi connectivity index (χ0) is 11.5. The molecule has 1 N–H and O–H groups in total. The van der Waals surface area contributed by atoms with Gasteiger partial charge in [-0.3, -0.25) is 10.1 Å². The van der Waals surface area contributed by atoms with E-state index >= 15 is 0 Å². The van der Waals surface area contributed by atoms with Crippen molar-refractivity contribution in [1.82, 2.24) is 14.8 Å². The lowest BCUT2D eigenvalue weighted by Crippen LogP contribution is -2.12. The lowest BCUT2D eigenvalue weighted by Gasteiger charge is -2.05. The lowest BCUT2D eigenvalue weighted by atomic mass is 10.1. The van der Waals surface area contributed by atoms with Gasteiger partial charge in [0.2, 0.25) is 5.13 Å². The number of nitrogens with one attached hydrogen (secondary N) is 1. The fourth-order valence-electron chi connectivity index (χ4n) is 1.17. The van der Waals surface area contributed by atoms with Gasteiger partial charge in [0.15, 0.2) is 0 Å². The average molecular weight is 299 g/mol. The molecule has 7 heteroatoms. The van der Waals surface area contributed by atoms with Crippen LogP contribution < -0.4 is 5.32 Å². The van der Waals surface area contributed by atoms with E-state index in [4.69, 9.17) is 0 Å². The topological polar surface area (TPSA) is 67.8 Å². The summed E-state index contributed by atoms with van der Waals surface area (Å²) in [6, 6.07) is 5.49. The standard InChI is InChI=1S/C9H7BrN4OS/c1-5-3-2-4-6(7(5)10)8(15)11-9-12-13-14-16-9/h2-4H,1H3,(H,11,12,14,15). The summed E-state index contributed by atoms with van der Waals surface area (Å²) in [5.41, 5.74) is 1.57. The Kier molecular flexibility index (Phi) is 3.25. The number of carbonyl (C=O) groups is 1. The first kappa shape index (κ1) is 11.2. The Hall–Kier alpha value is -1.34. The van der Waals surface area contributed by atoms with Crippen LogP contribution in [0.1, 0.15) is 15.9 Å². The van der Waals surface area contributed by atoms with Gasteiger partial charge in [-0.15, -0.1) is 0 Å². The summed E-state index contributed by atoms with van der Waals surface area (Å²) < 4.78 is 4.35. The van der Waals surface area contributed by atoms with Crippen LogP contribution in [0.15, 0.2) is 22.7 Å². The summed E-state index contributed by atoms with van der Waals surface area (Å²) in [6.45, 7) is 1.92. The number of aromatic nitrogens is 3. The van der Waals surface area contributed by atoms with Crippen molar-refractivity contribution >= 4 is 38.5 Å². The summed E-state index contributed by atoms with van der Waals surface area (Å²) in [6.07, 6.45) is 0. The molecule has 0 bridgehead atoms. The van der Waals surface area contributed by atoms with Gasteiger partial charge in [0.1, 0.15) is 0 Å². The van der Waals surface area contributed by atoms with Crippen molar-refractivity contribution in [2.75, 3.05) is 5.32 Å². The van der Waals surface area contributed by atoms with E-state index in [1.807, 2.05) is 19.1 Å². The van der Waals surface area contributed by atoms with Gasteiger partial charge < -0.3 is 0 Å². The molecule has 82 valence electrons. The van der Waals surface area contributed by atoms with E-state index in [-0.39, 0.29) is 5.91 Å². The number of hydrogen-bond acceptors (Lipinski definition) is 5. The van der Waals surface area contributed by atoms with Crippen LogP contribution in [-0.4, -0.2) is 20.7 Å². The van der Waals surface area contributed by atoms with Gasteiger partial charge in [0, 0.05) is 16.0 Å². The Bertz CT molecular complexity index is 514. The molecule has 5 nitrogen and oxygen atoms in total. The Morgan fingerprint density at radius 2 is 2.31 bits per heavy atom. The van der Waals surface area contributed by atoms with Crippen LogP contribution in [0.2, 0.25) is 0 Å². The minimum Gasteiger partial charge on any atom is -0.295 e. The lowest BCUT2D eigenvalue weighted by molar-refractivity contribution is 0.102. The number of carbonyl (C=O) groups excluding carboxylic acids is 1. The zero-order valence-corrected chi connectivity index (χ0v) is 10.7. The molecule has 0 saturated heterocycles. The van der Waals surface area contributed by atoms with Gasteiger partial charge >= 0.3 is 0 Å². The second-order valence-electron chi connectivity index (χ2n) is 3.06. The van der Waals surface area contributed by atoms with Crippen molar-refractivity contribution in [3.05, 3.63) is 33.8 Å². The van der Waals surface area contributed by atoms with Gasteiger partial charge in [-0.25, -0.2) is 0 Å². The minimum atomic E-state index is -0.228. The smallest absolute Gasteiger partial charge is 0.258 e. The van der Waals surface area contributed by atoms with Gasteiger partial charge in [-0.05, 0) is 39.7 Å². The molecule has 0 aliphatic heterocycles. The molecule has 2 rings (SSSR count).